The van der Waals surface area contributed by atoms with E-state index in [1.807, 2.05) is 42.5 Å². The van der Waals surface area contributed by atoms with Crippen molar-refractivity contribution in [3.63, 3.8) is 0 Å². The first-order valence-electron chi connectivity index (χ1n) is 7.15. The number of furan rings is 1. The molecule has 2 N–H and O–H groups in total. The molecule has 21 heavy (non-hydrogen) atoms. The summed E-state index contributed by atoms with van der Waals surface area (Å²) in [6.45, 7) is 4.59. The Hall–Kier alpha value is -2.33. The Morgan fingerprint density at radius 3 is 2.76 bits per heavy atom. The van der Waals surface area contributed by atoms with Crippen LogP contribution in [0, 0.1) is 0 Å². The summed E-state index contributed by atoms with van der Waals surface area (Å²) in [6, 6.07) is 13.8. The van der Waals surface area contributed by atoms with Crippen molar-refractivity contribution in [3.05, 3.63) is 60.2 Å². The van der Waals surface area contributed by atoms with Crippen molar-refractivity contribution in [3.8, 4) is 0 Å². The predicted octanol–water partition coefficient (Wildman–Crippen LogP) is 3.43. The highest BCUT2D eigenvalue weighted by molar-refractivity contribution is 5.90. The average molecular weight is 281 g/mol. The van der Waals surface area contributed by atoms with Crippen LogP contribution in [-0.4, -0.2) is 16.4 Å². The average Bonchev–Trinajstić information content (AvgIpc) is 2.99. The Labute approximate surface area is 124 Å². The van der Waals surface area contributed by atoms with Crippen LogP contribution >= 0.6 is 0 Å². The quantitative estimate of drug-likeness (QED) is 0.778. The molecule has 0 atom stereocenters. The molecule has 0 saturated heterocycles. The molecule has 0 aliphatic carbocycles. The summed E-state index contributed by atoms with van der Waals surface area (Å²) < 4.78 is 5.41. The number of hydrogen-bond donors (Lipinski definition) is 1. The Balaban J connectivity index is 1.82. The Bertz CT molecular complexity index is 722. The number of nitrogen functional groups attached to an aromatic ring is 1. The summed E-state index contributed by atoms with van der Waals surface area (Å²) in [5.74, 6) is 0.964. The van der Waals surface area contributed by atoms with Gasteiger partial charge in [-0.3, -0.25) is 9.88 Å². The Morgan fingerprint density at radius 1 is 1.14 bits per heavy atom. The fourth-order valence-electron chi connectivity index (χ4n) is 2.47. The molecule has 2 aromatic heterocycles. The molecule has 0 saturated carbocycles. The summed E-state index contributed by atoms with van der Waals surface area (Å²) in [7, 11) is 0. The Kier molecular flexibility index (Phi) is 3.88. The van der Waals surface area contributed by atoms with E-state index < -0.39 is 0 Å². The summed E-state index contributed by atoms with van der Waals surface area (Å²) in [4.78, 5) is 6.97. The van der Waals surface area contributed by atoms with E-state index in [1.165, 1.54) is 0 Å². The normalized spacial score (nSPS) is 11.3. The van der Waals surface area contributed by atoms with Crippen molar-refractivity contribution in [2.45, 2.75) is 20.0 Å². The van der Waals surface area contributed by atoms with Crippen molar-refractivity contribution >= 4 is 16.6 Å². The monoisotopic (exact) mass is 281 g/mol. The van der Waals surface area contributed by atoms with Gasteiger partial charge >= 0.3 is 0 Å². The Morgan fingerprint density at radius 2 is 2.00 bits per heavy atom. The van der Waals surface area contributed by atoms with E-state index in [9.17, 15) is 0 Å². The third-order valence-electron chi connectivity index (χ3n) is 3.59. The molecular formula is C17H19N3O. The van der Waals surface area contributed by atoms with Crippen LogP contribution in [0.4, 0.5) is 5.69 Å². The number of nitrogens with zero attached hydrogens (tertiary/aromatic N) is 2. The summed E-state index contributed by atoms with van der Waals surface area (Å²) in [5, 5.41) is 1.01. The number of anilines is 1. The van der Waals surface area contributed by atoms with Crippen LogP contribution in [-0.2, 0) is 13.1 Å². The number of benzene rings is 1. The van der Waals surface area contributed by atoms with Gasteiger partial charge in [-0.05, 0) is 30.8 Å². The highest BCUT2D eigenvalue weighted by Gasteiger charge is 2.09. The summed E-state index contributed by atoms with van der Waals surface area (Å²) in [6.07, 6.45) is 1.70. The first kappa shape index (κ1) is 13.6. The van der Waals surface area contributed by atoms with E-state index in [0.29, 0.717) is 0 Å². The highest BCUT2D eigenvalue weighted by Crippen LogP contribution is 2.21. The third-order valence-corrected chi connectivity index (χ3v) is 3.59. The van der Waals surface area contributed by atoms with E-state index in [4.69, 9.17) is 15.1 Å². The highest BCUT2D eigenvalue weighted by atomic mass is 16.3. The molecule has 108 valence electrons. The van der Waals surface area contributed by atoms with Crippen molar-refractivity contribution in [2.24, 2.45) is 0 Å². The largest absolute Gasteiger partial charge is 0.468 e. The molecule has 0 aliphatic rings. The van der Waals surface area contributed by atoms with Crippen LogP contribution in [0.5, 0.6) is 0 Å². The standard InChI is InChI=1S/C17H19N3O/c1-2-20(12-14-6-5-9-21-14)11-13-10-16(18)15-7-3-4-8-17(15)19-13/h3-10H,2,11-12H2,1H3,(H2,18,19). The zero-order valence-electron chi connectivity index (χ0n) is 12.1. The van der Waals surface area contributed by atoms with E-state index >= 15 is 0 Å². The molecule has 0 unspecified atom stereocenters. The fourth-order valence-corrected chi connectivity index (χ4v) is 2.47. The maximum Gasteiger partial charge on any atom is 0.117 e. The number of nitrogens with two attached hydrogens (primary N) is 1. The zero-order chi connectivity index (χ0) is 14.7. The van der Waals surface area contributed by atoms with Crippen LogP contribution < -0.4 is 5.73 Å². The maximum atomic E-state index is 6.13. The van der Waals surface area contributed by atoms with Gasteiger partial charge in [0.05, 0.1) is 24.0 Å². The number of fused-ring (bicyclic) bond motifs is 1. The molecule has 3 aromatic rings. The van der Waals surface area contributed by atoms with Gasteiger partial charge in [-0.15, -0.1) is 0 Å². The first-order chi connectivity index (χ1) is 10.3. The van der Waals surface area contributed by atoms with Crippen molar-refractivity contribution in [1.29, 1.82) is 0 Å². The maximum absolute atomic E-state index is 6.13. The molecule has 0 spiro atoms. The van der Waals surface area contributed by atoms with Gasteiger partial charge in [-0.2, -0.15) is 0 Å². The van der Waals surface area contributed by atoms with Crippen molar-refractivity contribution in [1.82, 2.24) is 9.88 Å². The molecule has 2 heterocycles. The summed E-state index contributed by atoms with van der Waals surface area (Å²) >= 11 is 0. The lowest BCUT2D eigenvalue weighted by molar-refractivity contribution is 0.245. The lowest BCUT2D eigenvalue weighted by Crippen LogP contribution is -2.22. The van der Waals surface area contributed by atoms with E-state index in [0.717, 1.165) is 47.7 Å². The second-order valence-corrected chi connectivity index (χ2v) is 5.10. The molecule has 4 heteroatoms. The molecule has 0 radical (unpaired) electrons. The molecule has 3 rings (SSSR count). The molecule has 1 aromatic carbocycles. The zero-order valence-corrected chi connectivity index (χ0v) is 12.1. The number of pyridine rings is 1. The van der Waals surface area contributed by atoms with Gasteiger partial charge in [0.1, 0.15) is 5.76 Å². The van der Waals surface area contributed by atoms with Gasteiger partial charge in [0.2, 0.25) is 0 Å². The fraction of sp³-hybridized carbons (Fsp3) is 0.235. The topological polar surface area (TPSA) is 55.3 Å². The lowest BCUT2D eigenvalue weighted by atomic mass is 10.1. The third kappa shape index (κ3) is 3.06. The van der Waals surface area contributed by atoms with E-state index in [-0.39, 0.29) is 0 Å². The van der Waals surface area contributed by atoms with Crippen LogP contribution in [0.2, 0.25) is 0 Å². The van der Waals surface area contributed by atoms with Crippen molar-refractivity contribution < 1.29 is 4.42 Å². The smallest absolute Gasteiger partial charge is 0.117 e. The van der Waals surface area contributed by atoms with Gasteiger partial charge in [0.15, 0.2) is 0 Å². The summed E-state index contributed by atoms with van der Waals surface area (Å²) in [5.41, 5.74) is 8.85. The number of para-hydroxylation sites is 1. The lowest BCUT2D eigenvalue weighted by Gasteiger charge is -2.19. The minimum Gasteiger partial charge on any atom is -0.468 e. The van der Waals surface area contributed by atoms with Crippen LogP contribution in [0.15, 0.2) is 53.1 Å². The predicted molar refractivity (Wildman–Crippen MR) is 84.7 cm³/mol. The second-order valence-electron chi connectivity index (χ2n) is 5.10. The number of rotatable bonds is 5. The van der Waals surface area contributed by atoms with Gasteiger partial charge < -0.3 is 10.2 Å². The number of hydrogen-bond acceptors (Lipinski definition) is 4. The minimum absolute atomic E-state index is 0.756. The number of aromatic nitrogens is 1. The van der Waals surface area contributed by atoms with Crippen LogP contribution in [0.1, 0.15) is 18.4 Å². The van der Waals surface area contributed by atoms with Gasteiger partial charge in [0, 0.05) is 17.6 Å². The van der Waals surface area contributed by atoms with Crippen molar-refractivity contribution in [2.75, 3.05) is 12.3 Å². The molecule has 4 nitrogen and oxygen atoms in total. The molecule has 0 fully saturated rings. The van der Waals surface area contributed by atoms with E-state index in [2.05, 4.69) is 11.8 Å². The van der Waals surface area contributed by atoms with Gasteiger partial charge in [0.25, 0.3) is 0 Å². The SMILES string of the molecule is CCN(Cc1cc(N)c2ccccc2n1)Cc1ccco1. The molecule has 0 bridgehead atoms. The first-order valence-corrected chi connectivity index (χ1v) is 7.15. The van der Waals surface area contributed by atoms with E-state index in [1.54, 1.807) is 6.26 Å². The van der Waals surface area contributed by atoms with Gasteiger partial charge in [-0.25, -0.2) is 0 Å². The second kappa shape index (κ2) is 5.97. The molecule has 0 amide bonds. The van der Waals surface area contributed by atoms with Crippen LogP contribution in [0.25, 0.3) is 10.9 Å². The van der Waals surface area contributed by atoms with Gasteiger partial charge in [-0.1, -0.05) is 25.1 Å². The minimum atomic E-state index is 0.756. The molecular weight excluding hydrogens is 262 g/mol. The van der Waals surface area contributed by atoms with Crippen LogP contribution in [0.3, 0.4) is 0 Å². The molecule has 0 aliphatic heterocycles.